The van der Waals surface area contributed by atoms with Gasteiger partial charge in [0, 0.05) is 44.7 Å². The van der Waals surface area contributed by atoms with Crippen LogP contribution in [0.1, 0.15) is 66.7 Å². The molecule has 3 heterocycles. The number of halogens is 1. The second-order valence-corrected chi connectivity index (χ2v) is 16.0. The molecule has 3 aromatic carbocycles. The van der Waals surface area contributed by atoms with Crippen molar-refractivity contribution in [3.05, 3.63) is 93.5 Å². The number of carbonyl (C=O) groups excluding carboxylic acids is 2. The number of amides is 1. The van der Waals surface area contributed by atoms with Crippen LogP contribution in [-0.4, -0.2) is 39.4 Å². The number of aromatic hydroxyl groups is 1. The third-order valence-corrected chi connectivity index (χ3v) is 14.2. The van der Waals surface area contributed by atoms with Crippen LogP contribution in [-0.2, 0) is 21.5 Å². The molecule has 43 heavy (non-hydrogen) atoms. The Balaban J connectivity index is 1.28. The Morgan fingerprint density at radius 3 is 2.70 bits per heavy atom. The molecule has 1 amide bonds. The second kappa shape index (κ2) is 8.98. The van der Waals surface area contributed by atoms with Gasteiger partial charge in [0.15, 0.2) is 0 Å². The molecule has 3 aromatic rings. The zero-order valence-corrected chi connectivity index (χ0v) is 26.6. The predicted molar refractivity (Wildman–Crippen MR) is 172 cm³/mol. The summed E-state index contributed by atoms with van der Waals surface area (Å²) < 4.78 is 1.02. The SMILES string of the molecule is C[C@]12CC[C@@H]3c4ccc(O)cc4CC[C@H]3[C@@H]1C[C@@]1(C2=O)[C@@H](c2ccc(Br)cc2)C2CSCN2[C@]12C(=O)Nc1ccccc12. The summed E-state index contributed by atoms with van der Waals surface area (Å²) in [4.78, 5) is 33.0. The maximum Gasteiger partial charge on any atom is 0.250 e. The molecule has 4 fully saturated rings. The molecule has 1 unspecified atom stereocenters. The Bertz CT molecular complexity index is 1710. The quantitative estimate of drug-likeness (QED) is 0.291. The lowest BCUT2D eigenvalue weighted by Crippen LogP contribution is -2.59. The highest BCUT2D eigenvalue weighted by molar-refractivity contribution is 9.10. The van der Waals surface area contributed by atoms with Gasteiger partial charge in [-0.25, -0.2) is 0 Å². The molecule has 2 saturated carbocycles. The number of aryl methyl sites for hydroxylation is 1. The van der Waals surface area contributed by atoms with E-state index in [4.69, 9.17) is 0 Å². The number of ketones is 1. The first kappa shape index (κ1) is 26.8. The average Bonchev–Trinajstić information content (AvgIpc) is 3.71. The molecule has 220 valence electrons. The minimum absolute atomic E-state index is 0.0163. The van der Waals surface area contributed by atoms with Crippen LogP contribution in [0.15, 0.2) is 71.2 Å². The Morgan fingerprint density at radius 1 is 1.05 bits per heavy atom. The first-order valence-electron chi connectivity index (χ1n) is 15.7. The highest BCUT2D eigenvalue weighted by atomic mass is 79.9. The fourth-order valence-electron chi connectivity index (χ4n) is 11.1. The highest BCUT2D eigenvalue weighted by Crippen LogP contribution is 2.76. The lowest BCUT2D eigenvalue weighted by molar-refractivity contribution is -0.147. The molecule has 0 bridgehead atoms. The molecule has 2 saturated heterocycles. The Hall–Kier alpha value is -2.61. The largest absolute Gasteiger partial charge is 0.508 e. The van der Waals surface area contributed by atoms with Crippen molar-refractivity contribution in [3.8, 4) is 5.75 Å². The van der Waals surface area contributed by atoms with Crippen molar-refractivity contribution < 1.29 is 14.7 Å². The fourth-order valence-corrected chi connectivity index (χ4v) is 12.7. The van der Waals surface area contributed by atoms with E-state index in [1.807, 2.05) is 42.1 Å². The monoisotopic (exact) mass is 654 g/mol. The van der Waals surface area contributed by atoms with E-state index in [9.17, 15) is 9.90 Å². The summed E-state index contributed by atoms with van der Waals surface area (Å²) in [7, 11) is 0. The van der Waals surface area contributed by atoms with Crippen molar-refractivity contribution in [1.82, 2.24) is 4.90 Å². The minimum atomic E-state index is -1.03. The number of rotatable bonds is 1. The smallest absolute Gasteiger partial charge is 0.250 e. The molecule has 8 atom stereocenters. The van der Waals surface area contributed by atoms with Gasteiger partial charge in [-0.1, -0.05) is 59.3 Å². The number of thioether (sulfide) groups is 1. The zero-order chi connectivity index (χ0) is 29.3. The number of phenols is 1. The molecule has 2 spiro atoms. The molecule has 0 radical (unpaired) electrons. The first-order chi connectivity index (χ1) is 20.8. The standard InChI is InChI=1S/C36H35BrN2O3S/c1-34-15-14-25-24-13-11-23(40)16-21(24)8-12-26(25)28(34)17-35(32(34)41)31(20-6-9-22(37)10-7-20)30-18-43-19-39(30)36(35)27-4-2-3-5-29(27)38-33(36)42/h2-7,9-11,13,16,25-26,28,30-31,40H,8,12,14-15,17-19H2,1H3,(H,38,42)/t25-,26-,28+,30?,31+,34+,35+,36-/m1/s1. The number of anilines is 1. The molecule has 3 aliphatic heterocycles. The maximum atomic E-state index is 15.8. The van der Waals surface area contributed by atoms with Crippen LogP contribution in [0.3, 0.4) is 0 Å². The van der Waals surface area contributed by atoms with Gasteiger partial charge >= 0.3 is 0 Å². The van der Waals surface area contributed by atoms with E-state index in [0.29, 0.717) is 23.4 Å². The molecule has 3 aliphatic carbocycles. The summed E-state index contributed by atoms with van der Waals surface area (Å²) in [5, 5.41) is 13.5. The lowest BCUT2D eigenvalue weighted by atomic mass is 9.55. The average molecular weight is 656 g/mol. The van der Waals surface area contributed by atoms with E-state index in [0.717, 1.165) is 59.5 Å². The van der Waals surface area contributed by atoms with Gasteiger partial charge in [-0.05, 0) is 96.9 Å². The topological polar surface area (TPSA) is 69.6 Å². The molecule has 2 N–H and O–H groups in total. The minimum Gasteiger partial charge on any atom is -0.508 e. The van der Waals surface area contributed by atoms with Crippen LogP contribution >= 0.6 is 27.7 Å². The van der Waals surface area contributed by atoms with Crippen molar-refractivity contribution in [2.75, 3.05) is 16.9 Å². The van der Waals surface area contributed by atoms with E-state index in [1.165, 1.54) is 16.7 Å². The number of Topliss-reactive ketones (excluding diaryl/α,β-unsaturated/α-hetero) is 1. The number of fused-ring (bicyclic) bond motifs is 10. The van der Waals surface area contributed by atoms with Gasteiger partial charge in [-0.2, -0.15) is 0 Å². The van der Waals surface area contributed by atoms with Crippen molar-refractivity contribution in [1.29, 1.82) is 0 Å². The van der Waals surface area contributed by atoms with E-state index < -0.39 is 16.4 Å². The number of hydrogen-bond donors (Lipinski definition) is 2. The van der Waals surface area contributed by atoms with Gasteiger partial charge in [0.2, 0.25) is 0 Å². The van der Waals surface area contributed by atoms with Crippen molar-refractivity contribution in [3.63, 3.8) is 0 Å². The summed E-state index contributed by atoms with van der Waals surface area (Å²) in [6.07, 6.45) is 4.49. The number of para-hydroxylation sites is 1. The fraction of sp³-hybridized carbons (Fsp3) is 0.444. The number of carbonyl (C=O) groups is 2. The Morgan fingerprint density at radius 2 is 1.86 bits per heavy atom. The Kier molecular flexibility index (Phi) is 5.59. The number of nitrogens with zero attached hydrogens (tertiary/aromatic N) is 1. The highest BCUT2D eigenvalue weighted by Gasteiger charge is 2.82. The first-order valence-corrected chi connectivity index (χ1v) is 17.6. The van der Waals surface area contributed by atoms with Crippen LogP contribution in [0, 0.1) is 22.7 Å². The van der Waals surface area contributed by atoms with Gasteiger partial charge in [-0.3, -0.25) is 14.5 Å². The summed E-state index contributed by atoms with van der Waals surface area (Å²) in [6, 6.07) is 22.7. The molecule has 7 heteroatoms. The third-order valence-electron chi connectivity index (χ3n) is 12.6. The van der Waals surface area contributed by atoms with Crippen LogP contribution in [0.2, 0.25) is 0 Å². The van der Waals surface area contributed by atoms with Gasteiger partial charge in [-0.15, -0.1) is 11.8 Å². The third kappa shape index (κ3) is 3.14. The zero-order valence-electron chi connectivity index (χ0n) is 24.2. The number of nitrogens with one attached hydrogen (secondary N) is 1. The summed E-state index contributed by atoms with van der Waals surface area (Å²) in [5.74, 6) is 3.19. The van der Waals surface area contributed by atoms with Crippen molar-refractivity contribution in [2.24, 2.45) is 22.7 Å². The normalized spacial score (nSPS) is 39.0. The van der Waals surface area contributed by atoms with Crippen LogP contribution < -0.4 is 5.32 Å². The summed E-state index contributed by atoms with van der Waals surface area (Å²) in [6.45, 7) is 2.25. The van der Waals surface area contributed by atoms with E-state index in [1.54, 1.807) is 0 Å². The number of phenolic OH excluding ortho intramolecular Hbond substituents is 1. The van der Waals surface area contributed by atoms with Crippen molar-refractivity contribution in [2.45, 2.75) is 62.4 Å². The van der Waals surface area contributed by atoms with E-state index in [2.05, 4.69) is 69.5 Å². The molecule has 9 rings (SSSR count). The van der Waals surface area contributed by atoms with Crippen LogP contribution in [0.4, 0.5) is 5.69 Å². The molecular weight excluding hydrogens is 620 g/mol. The molecular formula is C36H35BrN2O3S. The number of benzene rings is 3. The van der Waals surface area contributed by atoms with Crippen molar-refractivity contribution >= 4 is 45.1 Å². The molecule has 0 aromatic heterocycles. The second-order valence-electron chi connectivity index (χ2n) is 14.0. The molecule has 5 nitrogen and oxygen atoms in total. The van der Waals surface area contributed by atoms with Gasteiger partial charge in [0.1, 0.15) is 17.1 Å². The Labute approximate surface area is 264 Å². The van der Waals surface area contributed by atoms with Gasteiger partial charge in [0.25, 0.3) is 5.91 Å². The van der Waals surface area contributed by atoms with Crippen LogP contribution in [0.5, 0.6) is 5.75 Å². The summed E-state index contributed by atoms with van der Waals surface area (Å²) >= 11 is 5.53. The van der Waals surface area contributed by atoms with Crippen LogP contribution in [0.25, 0.3) is 0 Å². The predicted octanol–water partition coefficient (Wildman–Crippen LogP) is 7.20. The maximum absolute atomic E-state index is 15.8. The number of hydrogen-bond acceptors (Lipinski definition) is 5. The van der Waals surface area contributed by atoms with Gasteiger partial charge < -0.3 is 10.4 Å². The lowest BCUT2D eigenvalue weighted by Gasteiger charge is -2.48. The molecule has 6 aliphatic rings. The van der Waals surface area contributed by atoms with E-state index in [-0.39, 0.29) is 23.8 Å². The van der Waals surface area contributed by atoms with Gasteiger partial charge in [0.05, 0.1) is 5.41 Å². The summed E-state index contributed by atoms with van der Waals surface area (Å²) in [5.41, 5.74) is 3.26. The van der Waals surface area contributed by atoms with E-state index >= 15 is 4.79 Å².